The number of hydrogen-bond acceptors (Lipinski definition) is 5. The van der Waals surface area contributed by atoms with E-state index in [-0.39, 0.29) is 18.7 Å². The van der Waals surface area contributed by atoms with E-state index in [2.05, 4.69) is 4.99 Å². The number of hydrogen-bond donors (Lipinski definition) is 1. The molecule has 1 saturated heterocycles. The Hall–Kier alpha value is -3.19. The summed E-state index contributed by atoms with van der Waals surface area (Å²) in [6.07, 6.45) is 2.88. The van der Waals surface area contributed by atoms with Crippen LogP contribution in [-0.2, 0) is 14.3 Å². The minimum Gasteiger partial charge on any atom is -0.859 e. The molecular weight excluding hydrogens is 372 g/mol. The number of ether oxygens (including phenoxy) is 1. The van der Waals surface area contributed by atoms with E-state index >= 15 is 0 Å². The van der Waals surface area contributed by atoms with Crippen LogP contribution >= 0.6 is 0 Å². The van der Waals surface area contributed by atoms with Crippen molar-refractivity contribution in [3.63, 3.8) is 0 Å². The van der Waals surface area contributed by atoms with Gasteiger partial charge in [-0.25, -0.2) is 4.79 Å². The minimum absolute atomic E-state index is 0.0128. The van der Waals surface area contributed by atoms with Crippen LogP contribution < -0.4 is 5.11 Å². The number of carboxylic acid groups (broad SMARTS) is 1. The highest BCUT2D eigenvalue weighted by Crippen LogP contribution is 2.16. The third-order valence-corrected chi connectivity index (χ3v) is 4.76. The topological polar surface area (TPSA) is 102 Å². The second-order valence-corrected chi connectivity index (χ2v) is 6.79. The number of morpholine rings is 1. The van der Waals surface area contributed by atoms with Crippen molar-refractivity contribution in [1.29, 1.82) is 0 Å². The molecular formula is C22H23N2O5-. The number of carbonyl (C=O) groups is 2. The molecule has 1 heterocycles. The number of rotatable bonds is 7. The summed E-state index contributed by atoms with van der Waals surface area (Å²) in [5, 5.41) is 23.6. The first-order valence-corrected chi connectivity index (χ1v) is 9.53. The van der Waals surface area contributed by atoms with E-state index in [0.717, 1.165) is 16.3 Å². The second kappa shape index (κ2) is 9.84. The molecule has 0 bridgehead atoms. The molecule has 2 aromatic carbocycles. The van der Waals surface area contributed by atoms with Crippen LogP contribution in [0.4, 0.5) is 0 Å². The van der Waals surface area contributed by atoms with Crippen molar-refractivity contribution in [2.75, 3.05) is 26.3 Å². The molecule has 3 rings (SSSR count). The van der Waals surface area contributed by atoms with Crippen LogP contribution in [0.25, 0.3) is 16.8 Å². The van der Waals surface area contributed by atoms with Crippen molar-refractivity contribution < 1.29 is 24.5 Å². The zero-order chi connectivity index (χ0) is 20.6. The molecule has 0 saturated carbocycles. The van der Waals surface area contributed by atoms with Gasteiger partial charge < -0.3 is 19.8 Å². The summed E-state index contributed by atoms with van der Waals surface area (Å²) in [7, 11) is 0. The van der Waals surface area contributed by atoms with Crippen molar-refractivity contribution in [1.82, 2.24) is 4.90 Å². The summed E-state index contributed by atoms with van der Waals surface area (Å²) in [5.41, 5.74) is 0.821. The van der Waals surface area contributed by atoms with Crippen LogP contribution in [0.3, 0.4) is 0 Å². The van der Waals surface area contributed by atoms with Gasteiger partial charge in [0.2, 0.25) is 5.91 Å². The molecule has 29 heavy (non-hydrogen) atoms. The number of nitrogens with zero attached hydrogens (tertiary/aromatic N) is 2. The largest absolute Gasteiger partial charge is 0.859 e. The highest BCUT2D eigenvalue weighted by atomic mass is 16.5. The Bertz CT molecular complexity index is 932. The smallest absolute Gasteiger partial charge is 0.328 e. The van der Waals surface area contributed by atoms with Crippen LogP contribution in [0, 0.1) is 0 Å². The predicted molar refractivity (Wildman–Crippen MR) is 108 cm³/mol. The van der Waals surface area contributed by atoms with Crippen LogP contribution in [-0.4, -0.2) is 60.1 Å². The summed E-state index contributed by atoms with van der Waals surface area (Å²) in [4.78, 5) is 29.0. The summed E-state index contributed by atoms with van der Waals surface area (Å²) >= 11 is 0. The fourth-order valence-electron chi connectivity index (χ4n) is 3.15. The molecule has 1 aliphatic heterocycles. The first-order valence-electron chi connectivity index (χ1n) is 9.53. The lowest BCUT2D eigenvalue weighted by Crippen LogP contribution is -2.41. The van der Waals surface area contributed by atoms with Crippen molar-refractivity contribution >= 4 is 34.6 Å². The van der Waals surface area contributed by atoms with Crippen LogP contribution in [0.5, 0.6) is 0 Å². The molecule has 2 aromatic rings. The lowest BCUT2D eigenvalue weighted by molar-refractivity contribution is -0.212. The monoisotopic (exact) mass is 395 g/mol. The van der Waals surface area contributed by atoms with Crippen LogP contribution in [0.15, 0.2) is 53.5 Å². The van der Waals surface area contributed by atoms with Gasteiger partial charge in [-0.1, -0.05) is 48.6 Å². The van der Waals surface area contributed by atoms with E-state index in [9.17, 15) is 19.8 Å². The maximum atomic E-state index is 12.2. The number of benzene rings is 2. The Labute approximate surface area is 168 Å². The maximum Gasteiger partial charge on any atom is 0.328 e. The zero-order valence-electron chi connectivity index (χ0n) is 16.0. The Morgan fingerprint density at radius 2 is 1.90 bits per heavy atom. The van der Waals surface area contributed by atoms with Gasteiger partial charge in [0.15, 0.2) is 0 Å². The first kappa shape index (κ1) is 20.5. The highest BCUT2D eigenvalue weighted by Gasteiger charge is 2.21. The number of carbonyl (C=O) groups excluding carboxylic acids is 1. The maximum absolute atomic E-state index is 12.2. The average molecular weight is 395 g/mol. The molecule has 0 aromatic heterocycles. The van der Waals surface area contributed by atoms with Crippen molar-refractivity contribution in [2.45, 2.75) is 18.9 Å². The number of carboxylic acids is 1. The molecule has 1 amide bonds. The lowest BCUT2D eigenvalue weighted by atomic mass is 10.1. The van der Waals surface area contributed by atoms with Gasteiger partial charge in [-0.3, -0.25) is 9.79 Å². The summed E-state index contributed by atoms with van der Waals surface area (Å²) < 4.78 is 5.19. The number of aliphatic imine (C=N–C) groups is 1. The van der Waals surface area contributed by atoms with E-state index in [1.165, 1.54) is 6.08 Å². The lowest BCUT2D eigenvalue weighted by Gasteiger charge is -2.27. The fraction of sp³-hybridized carbons (Fsp3) is 0.318. The Kier molecular flexibility index (Phi) is 6.97. The number of aliphatic carboxylic acids is 1. The van der Waals surface area contributed by atoms with E-state index in [0.29, 0.717) is 26.3 Å². The van der Waals surface area contributed by atoms with Crippen molar-refractivity contribution in [2.24, 2.45) is 4.99 Å². The third kappa shape index (κ3) is 5.89. The SMILES string of the molecule is O=C(O)C(CCC(=O)N1CCOCC1)N=C([O-])/C=C/c1ccc2ccccc2c1. The quantitative estimate of drug-likeness (QED) is 0.568. The molecule has 1 aliphatic rings. The van der Waals surface area contributed by atoms with E-state index < -0.39 is 17.9 Å². The van der Waals surface area contributed by atoms with Gasteiger partial charge in [-0.2, -0.15) is 0 Å². The van der Waals surface area contributed by atoms with Crippen molar-refractivity contribution in [3.8, 4) is 0 Å². The Morgan fingerprint density at radius 1 is 1.17 bits per heavy atom. The van der Waals surface area contributed by atoms with Crippen molar-refractivity contribution in [3.05, 3.63) is 54.1 Å². The molecule has 7 heteroatoms. The van der Waals surface area contributed by atoms with E-state index in [4.69, 9.17) is 4.74 Å². The van der Waals surface area contributed by atoms with Gasteiger partial charge in [0.25, 0.3) is 0 Å². The highest BCUT2D eigenvalue weighted by molar-refractivity contribution is 5.92. The summed E-state index contributed by atoms with van der Waals surface area (Å²) in [6.45, 7) is 1.97. The van der Waals surface area contributed by atoms with Crippen LogP contribution in [0.1, 0.15) is 18.4 Å². The molecule has 0 aliphatic carbocycles. The van der Waals surface area contributed by atoms with Gasteiger partial charge in [0.05, 0.1) is 13.2 Å². The first-order chi connectivity index (χ1) is 14.0. The summed E-state index contributed by atoms with van der Waals surface area (Å²) in [6, 6.07) is 12.4. The van der Waals surface area contributed by atoms with E-state index in [1.807, 2.05) is 42.5 Å². The molecule has 1 N–H and O–H groups in total. The zero-order valence-corrected chi connectivity index (χ0v) is 16.0. The number of fused-ring (bicyclic) bond motifs is 1. The molecule has 1 fully saturated rings. The van der Waals surface area contributed by atoms with Gasteiger partial charge >= 0.3 is 5.97 Å². The average Bonchev–Trinajstić information content (AvgIpc) is 2.75. The molecule has 0 radical (unpaired) electrons. The molecule has 0 spiro atoms. The second-order valence-electron chi connectivity index (χ2n) is 6.79. The Balaban J connectivity index is 1.61. The fourth-order valence-corrected chi connectivity index (χ4v) is 3.15. The van der Waals surface area contributed by atoms with Gasteiger partial charge in [-0.15, -0.1) is 0 Å². The Morgan fingerprint density at radius 3 is 2.62 bits per heavy atom. The standard InChI is InChI=1S/C22H24N2O5/c25-20(9-6-16-5-7-17-3-1-2-4-18(17)15-16)23-19(22(27)28)8-10-21(26)24-11-13-29-14-12-24/h1-7,9,15,19H,8,10-14H2,(H,23,25)(H,27,28)/p-1/b9-6+. The predicted octanol–water partition coefficient (Wildman–Crippen LogP) is 1.70. The van der Waals surface area contributed by atoms with Gasteiger partial charge in [-0.05, 0) is 34.7 Å². The molecule has 7 nitrogen and oxygen atoms in total. The van der Waals surface area contributed by atoms with E-state index in [1.54, 1.807) is 11.0 Å². The molecule has 1 unspecified atom stereocenters. The van der Waals surface area contributed by atoms with Gasteiger partial charge in [0, 0.05) is 19.5 Å². The molecule has 1 atom stereocenters. The minimum atomic E-state index is -1.24. The number of amides is 1. The summed E-state index contributed by atoms with van der Waals surface area (Å²) in [5.74, 6) is -1.99. The van der Waals surface area contributed by atoms with Gasteiger partial charge in [0.1, 0.15) is 6.04 Å². The molecule has 152 valence electrons. The third-order valence-electron chi connectivity index (χ3n) is 4.76. The van der Waals surface area contributed by atoms with Crippen LogP contribution in [0.2, 0.25) is 0 Å². The normalized spacial score (nSPS) is 16.3.